The summed E-state index contributed by atoms with van der Waals surface area (Å²) in [6.07, 6.45) is 14.2. The van der Waals surface area contributed by atoms with Crippen molar-refractivity contribution in [2.24, 2.45) is 11.8 Å². The largest absolute Gasteiger partial charge is 0.356 e. The van der Waals surface area contributed by atoms with Crippen LogP contribution in [0.15, 0.2) is 48.8 Å². The van der Waals surface area contributed by atoms with E-state index in [1.165, 1.54) is 37.3 Å². The van der Waals surface area contributed by atoms with Crippen LogP contribution in [0.2, 0.25) is 0 Å². The summed E-state index contributed by atoms with van der Waals surface area (Å²) in [5.74, 6) is 0.947. The number of unbranched alkanes of at least 4 members (excludes halogenated alkanes) is 1. The van der Waals surface area contributed by atoms with Crippen LogP contribution >= 0.6 is 0 Å². The number of nitrogens with zero attached hydrogens (tertiary/aromatic N) is 1. The van der Waals surface area contributed by atoms with Crippen molar-refractivity contribution in [3.8, 4) is 0 Å². The quantitative estimate of drug-likeness (QED) is 0.521. The van der Waals surface area contributed by atoms with Crippen LogP contribution in [0.1, 0.15) is 68.9 Å². The molecule has 0 spiro atoms. The van der Waals surface area contributed by atoms with Crippen molar-refractivity contribution in [2.45, 2.75) is 69.6 Å². The molecule has 30 heavy (non-hydrogen) atoms. The minimum absolute atomic E-state index is 0.0269. The number of carbonyl (C=O) groups excluding carboxylic acids is 1. The van der Waals surface area contributed by atoms with Crippen LogP contribution in [-0.4, -0.2) is 17.4 Å². The van der Waals surface area contributed by atoms with Gasteiger partial charge in [0.25, 0.3) is 0 Å². The van der Waals surface area contributed by atoms with Gasteiger partial charge in [0.05, 0.1) is 0 Å². The highest BCUT2D eigenvalue weighted by Gasteiger charge is 2.49. The second-order valence-electron chi connectivity index (χ2n) is 9.19. The standard InChI is InChI=1S/C26H33FN2O/c27-23-10-5-9-22(17-23)26(13-2-3-14-26)24(21-11-12-21)18-25(30)29-16-4-1-7-20-8-6-15-28-19-20/h5-6,8-10,15,17,19,21,24H,1-4,7,11-14,16,18H2,(H,29,30). The molecule has 1 heterocycles. The summed E-state index contributed by atoms with van der Waals surface area (Å²) in [5, 5.41) is 3.16. The topological polar surface area (TPSA) is 42.0 Å². The van der Waals surface area contributed by atoms with Crippen molar-refractivity contribution in [3.05, 3.63) is 65.7 Å². The van der Waals surface area contributed by atoms with Crippen LogP contribution < -0.4 is 5.32 Å². The van der Waals surface area contributed by atoms with Gasteiger partial charge in [0.1, 0.15) is 5.82 Å². The number of halogens is 1. The number of aryl methyl sites for hydroxylation is 1. The molecule has 0 saturated heterocycles. The molecule has 2 aromatic rings. The maximum Gasteiger partial charge on any atom is 0.220 e. The van der Waals surface area contributed by atoms with E-state index in [2.05, 4.69) is 22.4 Å². The molecule has 2 aliphatic carbocycles. The Hall–Kier alpha value is -2.23. The first-order chi connectivity index (χ1) is 14.7. The smallest absolute Gasteiger partial charge is 0.220 e. The fourth-order valence-electron chi connectivity index (χ4n) is 5.49. The molecule has 1 unspecified atom stereocenters. The summed E-state index contributed by atoms with van der Waals surface area (Å²) in [5.41, 5.74) is 2.33. The van der Waals surface area contributed by atoms with Crippen molar-refractivity contribution in [3.63, 3.8) is 0 Å². The van der Waals surface area contributed by atoms with E-state index < -0.39 is 0 Å². The van der Waals surface area contributed by atoms with E-state index in [4.69, 9.17) is 0 Å². The van der Waals surface area contributed by atoms with Gasteiger partial charge in [-0.25, -0.2) is 4.39 Å². The number of carbonyl (C=O) groups is 1. The van der Waals surface area contributed by atoms with E-state index in [1.807, 2.05) is 18.3 Å². The Morgan fingerprint density at radius 3 is 2.70 bits per heavy atom. The molecule has 4 heteroatoms. The van der Waals surface area contributed by atoms with Gasteiger partial charge in [-0.2, -0.15) is 0 Å². The van der Waals surface area contributed by atoms with Gasteiger partial charge in [-0.05, 0) is 91.5 Å². The lowest BCUT2D eigenvalue weighted by molar-refractivity contribution is -0.122. The molecule has 4 rings (SSSR count). The molecule has 160 valence electrons. The number of aromatic nitrogens is 1. The van der Waals surface area contributed by atoms with Crippen LogP contribution in [0.3, 0.4) is 0 Å². The van der Waals surface area contributed by atoms with Gasteiger partial charge in [-0.15, -0.1) is 0 Å². The molecule has 0 radical (unpaired) electrons. The SMILES string of the molecule is O=C(CC(C1CC1)C1(c2cccc(F)c2)CCCC1)NCCCCc1cccnc1. The summed E-state index contributed by atoms with van der Waals surface area (Å²) >= 11 is 0. The van der Waals surface area contributed by atoms with Gasteiger partial charge < -0.3 is 5.32 Å². The summed E-state index contributed by atoms with van der Waals surface area (Å²) in [6, 6.07) is 11.2. The Balaban J connectivity index is 1.33. The van der Waals surface area contributed by atoms with E-state index >= 15 is 0 Å². The highest BCUT2D eigenvalue weighted by atomic mass is 19.1. The molecule has 2 saturated carbocycles. The maximum atomic E-state index is 14.0. The minimum atomic E-state index is -0.161. The molecule has 2 aliphatic rings. The summed E-state index contributed by atoms with van der Waals surface area (Å²) in [4.78, 5) is 17.0. The second-order valence-corrected chi connectivity index (χ2v) is 9.19. The molecule has 0 bridgehead atoms. The second kappa shape index (κ2) is 9.72. The van der Waals surface area contributed by atoms with Crippen LogP contribution in [0, 0.1) is 17.7 Å². The van der Waals surface area contributed by atoms with Crippen molar-refractivity contribution in [1.82, 2.24) is 10.3 Å². The molecule has 1 aromatic carbocycles. The third-order valence-corrected chi connectivity index (χ3v) is 7.14. The molecule has 3 nitrogen and oxygen atoms in total. The van der Waals surface area contributed by atoms with Crippen molar-refractivity contribution < 1.29 is 9.18 Å². The van der Waals surface area contributed by atoms with Gasteiger partial charge in [0.15, 0.2) is 0 Å². The van der Waals surface area contributed by atoms with Crippen molar-refractivity contribution in [2.75, 3.05) is 6.54 Å². The molecule has 1 amide bonds. The molecule has 2 fully saturated rings. The zero-order valence-corrected chi connectivity index (χ0v) is 17.8. The number of amides is 1. The van der Waals surface area contributed by atoms with E-state index in [0.717, 1.165) is 44.2 Å². The van der Waals surface area contributed by atoms with Gasteiger partial charge >= 0.3 is 0 Å². The van der Waals surface area contributed by atoms with Crippen molar-refractivity contribution in [1.29, 1.82) is 0 Å². The maximum absolute atomic E-state index is 14.0. The Morgan fingerprint density at radius 2 is 2.00 bits per heavy atom. The van der Waals surface area contributed by atoms with E-state index in [9.17, 15) is 9.18 Å². The lowest BCUT2D eigenvalue weighted by Gasteiger charge is -2.38. The third kappa shape index (κ3) is 5.08. The first kappa shape index (κ1) is 21.0. The highest BCUT2D eigenvalue weighted by molar-refractivity contribution is 5.76. The Morgan fingerprint density at radius 1 is 1.17 bits per heavy atom. The van der Waals surface area contributed by atoms with Crippen LogP contribution in [0.4, 0.5) is 4.39 Å². The summed E-state index contributed by atoms with van der Waals surface area (Å²) in [7, 11) is 0. The van der Waals surface area contributed by atoms with Crippen LogP contribution in [0.5, 0.6) is 0 Å². The molecule has 0 aliphatic heterocycles. The zero-order chi connectivity index (χ0) is 20.8. The number of benzene rings is 1. The highest BCUT2D eigenvalue weighted by Crippen LogP contribution is 2.55. The van der Waals surface area contributed by atoms with Gasteiger partial charge in [-0.1, -0.05) is 31.0 Å². The van der Waals surface area contributed by atoms with E-state index in [0.29, 0.717) is 18.3 Å². The monoisotopic (exact) mass is 408 g/mol. The molecular formula is C26H33FN2O. The Bertz CT molecular complexity index is 828. The number of hydrogen-bond acceptors (Lipinski definition) is 2. The lowest BCUT2D eigenvalue weighted by atomic mass is 9.65. The number of pyridine rings is 1. The summed E-state index contributed by atoms with van der Waals surface area (Å²) in [6.45, 7) is 0.726. The zero-order valence-electron chi connectivity index (χ0n) is 17.8. The molecule has 1 aromatic heterocycles. The predicted molar refractivity (Wildman–Crippen MR) is 118 cm³/mol. The minimum Gasteiger partial charge on any atom is -0.356 e. The van der Waals surface area contributed by atoms with E-state index in [1.54, 1.807) is 12.3 Å². The van der Waals surface area contributed by atoms with Gasteiger partial charge in [0, 0.05) is 25.4 Å². The predicted octanol–water partition coefficient (Wildman–Crippen LogP) is 5.59. The molecule has 1 atom stereocenters. The van der Waals surface area contributed by atoms with Crippen molar-refractivity contribution >= 4 is 5.91 Å². The van der Waals surface area contributed by atoms with Crippen LogP contribution in [-0.2, 0) is 16.6 Å². The van der Waals surface area contributed by atoms with Crippen LogP contribution in [0.25, 0.3) is 0 Å². The van der Waals surface area contributed by atoms with Gasteiger partial charge in [-0.3, -0.25) is 9.78 Å². The summed E-state index contributed by atoms with van der Waals surface area (Å²) < 4.78 is 14.0. The number of nitrogens with one attached hydrogen (secondary N) is 1. The first-order valence-electron chi connectivity index (χ1n) is 11.6. The first-order valence-corrected chi connectivity index (χ1v) is 11.6. The number of rotatable bonds is 10. The fourth-order valence-corrected chi connectivity index (χ4v) is 5.49. The van der Waals surface area contributed by atoms with E-state index in [-0.39, 0.29) is 17.1 Å². The molecule has 1 N–H and O–H groups in total. The Labute approximate surface area is 179 Å². The number of hydrogen-bond donors (Lipinski definition) is 1. The third-order valence-electron chi connectivity index (χ3n) is 7.14. The average molecular weight is 409 g/mol. The molecular weight excluding hydrogens is 375 g/mol. The fraction of sp³-hybridized carbons (Fsp3) is 0.538. The van der Waals surface area contributed by atoms with Gasteiger partial charge in [0.2, 0.25) is 5.91 Å². The Kier molecular flexibility index (Phi) is 6.81. The lowest BCUT2D eigenvalue weighted by Crippen LogP contribution is -2.38. The average Bonchev–Trinajstić information content (AvgIpc) is 3.48. The normalized spacial score (nSPS) is 18.8.